The first-order chi connectivity index (χ1) is 12.7. The van der Waals surface area contributed by atoms with Crippen LogP contribution in [-0.2, 0) is 9.59 Å². The van der Waals surface area contributed by atoms with Gasteiger partial charge in [-0.05, 0) is 55.7 Å². The van der Waals surface area contributed by atoms with Crippen molar-refractivity contribution in [2.75, 3.05) is 16.0 Å². The second-order valence-corrected chi connectivity index (χ2v) is 6.70. The molecule has 1 heterocycles. The third-order valence-electron chi connectivity index (χ3n) is 4.55. The number of hydrogen-bond acceptors (Lipinski definition) is 5. The Kier molecular flexibility index (Phi) is 4.81. The number of rotatable bonds is 4. The van der Waals surface area contributed by atoms with Crippen LogP contribution in [0.2, 0.25) is 0 Å². The van der Waals surface area contributed by atoms with Gasteiger partial charge in [0.15, 0.2) is 0 Å². The highest BCUT2D eigenvalue weighted by molar-refractivity contribution is 6.06. The fourth-order valence-electron chi connectivity index (χ4n) is 2.94. The Labute approximate surface area is 156 Å². The van der Waals surface area contributed by atoms with Crippen LogP contribution in [0.3, 0.4) is 0 Å². The van der Waals surface area contributed by atoms with E-state index in [0.29, 0.717) is 5.69 Å². The lowest BCUT2D eigenvalue weighted by atomic mass is 10.0. The van der Waals surface area contributed by atoms with Gasteiger partial charge in [0, 0.05) is 6.07 Å². The molecule has 1 unspecified atom stereocenters. The molecule has 1 aliphatic rings. The minimum absolute atomic E-state index is 0.110. The van der Waals surface area contributed by atoms with Crippen molar-refractivity contribution in [3.05, 3.63) is 57.1 Å². The van der Waals surface area contributed by atoms with Gasteiger partial charge in [-0.25, -0.2) is 0 Å². The number of carbonyl (C=O) groups excluding carboxylic acids is 2. The second kappa shape index (κ2) is 7.06. The van der Waals surface area contributed by atoms with E-state index < -0.39 is 16.9 Å². The van der Waals surface area contributed by atoms with Crippen LogP contribution >= 0.6 is 0 Å². The number of benzene rings is 2. The van der Waals surface area contributed by atoms with Crippen molar-refractivity contribution in [3.8, 4) is 0 Å². The van der Waals surface area contributed by atoms with Crippen molar-refractivity contribution in [1.29, 1.82) is 0 Å². The Morgan fingerprint density at radius 2 is 1.81 bits per heavy atom. The van der Waals surface area contributed by atoms with E-state index in [2.05, 4.69) is 16.0 Å². The number of aryl methyl sites for hydroxylation is 3. The molecule has 1 aliphatic heterocycles. The van der Waals surface area contributed by atoms with Gasteiger partial charge in [0.05, 0.1) is 22.7 Å². The molecule has 2 aromatic rings. The van der Waals surface area contributed by atoms with Crippen LogP contribution in [0.5, 0.6) is 0 Å². The molecule has 0 spiro atoms. The predicted molar refractivity (Wildman–Crippen MR) is 103 cm³/mol. The molecule has 0 saturated carbocycles. The minimum atomic E-state index is -0.760. The molecule has 8 heteroatoms. The van der Waals surface area contributed by atoms with E-state index in [-0.39, 0.29) is 23.7 Å². The van der Waals surface area contributed by atoms with Gasteiger partial charge >= 0.3 is 0 Å². The number of nitro benzene ring substituents is 1. The molecule has 2 amide bonds. The van der Waals surface area contributed by atoms with E-state index in [1.54, 1.807) is 13.0 Å². The van der Waals surface area contributed by atoms with Crippen LogP contribution in [0.1, 0.15) is 23.1 Å². The van der Waals surface area contributed by atoms with E-state index >= 15 is 0 Å². The second-order valence-electron chi connectivity index (χ2n) is 6.70. The predicted octanol–water partition coefficient (Wildman–Crippen LogP) is 3.28. The summed E-state index contributed by atoms with van der Waals surface area (Å²) in [7, 11) is 0. The number of anilines is 3. The average molecular weight is 368 g/mol. The largest absolute Gasteiger partial charge is 0.372 e. The van der Waals surface area contributed by atoms with Gasteiger partial charge in [-0.2, -0.15) is 0 Å². The fraction of sp³-hybridized carbons (Fsp3) is 0.263. The molecule has 0 fully saturated rings. The highest BCUT2D eigenvalue weighted by Crippen LogP contribution is 2.31. The van der Waals surface area contributed by atoms with E-state index in [1.807, 2.05) is 26.0 Å². The van der Waals surface area contributed by atoms with Crippen LogP contribution in [-0.4, -0.2) is 22.8 Å². The van der Waals surface area contributed by atoms with E-state index in [0.717, 1.165) is 22.4 Å². The van der Waals surface area contributed by atoms with Gasteiger partial charge in [0.1, 0.15) is 11.7 Å². The molecule has 0 aromatic heterocycles. The molecule has 3 N–H and O–H groups in total. The minimum Gasteiger partial charge on any atom is -0.372 e. The Hall–Kier alpha value is -3.42. The number of hydrogen-bond donors (Lipinski definition) is 3. The molecule has 27 heavy (non-hydrogen) atoms. The molecule has 1 atom stereocenters. The number of nitrogens with one attached hydrogen (secondary N) is 3. The van der Waals surface area contributed by atoms with Gasteiger partial charge < -0.3 is 16.0 Å². The summed E-state index contributed by atoms with van der Waals surface area (Å²) in [6.07, 6.45) is -0.150. The highest BCUT2D eigenvalue weighted by Gasteiger charge is 2.28. The Morgan fingerprint density at radius 1 is 1.15 bits per heavy atom. The molecule has 140 valence electrons. The molecule has 0 bridgehead atoms. The van der Waals surface area contributed by atoms with Crippen LogP contribution in [0.25, 0.3) is 0 Å². The lowest BCUT2D eigenvalue weighted by molar-refractivity contribution is -0.384. The molecule has 0 saturated heterocycles. The highest BCUT2D eigenvalue weighted by atomic mass is 16.6. The lowest BCUT2D eigenvalue weighted by Crippen LogP contribution is -2.41. The van der Waals surface area contributed by atoms with Crippen molar-refractivity contribution in [2.24, 2.45) is 0 Å². The summed E-state index contributed by atoms with van der Waals surface area (Å²) in [5, 5.41) is 19.6. The molecular weight excluding hydrogens is 348 g/mol. The maximum Gasteiger partial charge on any atom is 0.293 e. The standard InChI is InChI=1S/C19H20N4O4/c1-10-4-5-13(17(6-10)23(26)27)21-18(24)9-16-19(25)22-15-8-12(3)11(2)7-14(15)20-16/h4-8,16,20H,9H2,1-3H3,(H,21,24)(H,22,25). The summed E-state index contributed by atoms with van der Waals surface area (Å²) in [6, 6.07) is 7.59. The maximum absolute atomic E-state index is 12.4. The first kappa shape index (κ1) is 18.4. The smallest absolute Gasteiger partial charge is 0.293 e. The normalized spacial score (nSPS) is 15.4. The fourth-order valence-corrected chi connectivity index (χ4v) is 2.94. The first-order valence-corrected chi connectivity index (χ1v) is 8.48. The third-order valence-corrected chi connectivity index (χ3v) is 4.55. The van der Waals surface area contributed by atoms with Crippen molar-refractivity contribution < 1.29 is 14.5 Å². The average Bonchev–Trinajstić information content (AvgIpc) is 2.59. The van der Waals surface area contributed by atoms with E-state index in [9.17, 15) is 19.7 Å². The number of fused-ring (bicyclic) bond motifs is 1. The Morgan fingerprint density at radius 3 is 2.48 bits per heavy atom. The van der Waals surface area contributed by atoms with Crippen molar-refractivity contribution in [2.45, 2.75) is 33.2 Å². The van der Waals surface area contributed by atoms with Gasteiger partial charge in [0.25, 0.3) is 5.69 Å². The molecule has 3 rings (SSSR count). The Bertz CT molecular complexity index is 955. The summed E-state index contributed by atoms with van der Waals surface area (Å²) in [5.41, 5.74) is 4.19. The topological polar surface area (TPSA) is 113 Å². The quantitative estimate of drug-likeness (QED) is 0.566. The molecule has 2 aromatic carbocycles. The zero-order valence-electron chi connectivity index (χ0n) is 15.3. The van der Waals surface area contributed by atoms with Crippen molar-refractivity contribution >= 4 is 34.6 Å². The molecular formula is C19H20N4O4. The Balaban J connectivity index is 1.74. The zero-order chi connectivity index (χ0) is 19.7. The third kappa shape index (κ3) is 3.89. The van der Waals surface area contributed by atoms with Gasteiger partial charge in [-0.1, -0.05) is 6.07 Å². The maximum atomic E-state index is 12.4. The summed E-state index contributed by atoms with van der Waals surface area (Å²) < 4.78 is 0. The number of carbonyl (C=O) groups is 2. The van der Waals surface area contributed by atoms with Crippen molar-refractivity contribution in [3.63, 3.8) is 0 Å². The summed E-state index contributed by atoms with van der Waals surface area (Å²) in [6.45, 7) is 5.65. The monoisotopic (exact) mass is 368 g/mol. The van der Waals surface area contributed by atoms with Gasteiger partial charge in [0.2, 0.25) is 11.8 Å². The van der Waals surface area contributed by atoms with E-state index in [1.165, 1.54) is 12.1 Å². The number of nitrogens with zero attached hydrogens (tertiary/aromatic N) is 1. The summed E-state index contributed by atoms with van der Waals surface area (Å²) in [5.74, 6) is -0.804. The number of amides is 2. The van der Waals surface area contributed by atoms with Gasteiger partial charge in [-0.15, -0.1) is 0 Å². The van der Waals surface area contributed by atoms with Crippen LogP contribution < -0.4 is 16.0 Å². The van der Waals surface area contributed by atoms with Crippen LogP contribution in [0.15, 0.2) is 30.3 Å². The SMILES string of the molecule is Cc1ccc(NC(=O)CC2Nc3cc(C)c(C)cc3NC2=O)c([N+](=O)[O-])c1. The lowest BCUT2D eigenvalue weighted by Gasteiger charge is -2.27. The van der Waals surface area contributed by atoms with Crippen LogP contribution in [0.4, 0.5) is 22.7 Å². The first-order valence-electron chi connectivity index (χ1n) is 8.48. The molecule has 0 radical (unpaired) electrons. The summed E-state index contributed by atoms with van der Waals surface area (Å²) in [4.78, 5) is 35.3. The van der Waals surface area contributed by atoms with E-state index in [4.69, 9.17) is 0 Å². The zero-order valence-corrected chi connectivity index (χ0v) is 15.3. The van der Waals surface area contributed by atoms with Crippen LogP contribution in [0, 0.1) is 30.9 Å². The molecule has 0 aliphatic carbocycles. The van der Waals surface area contributed by atoms with Gasteiger partial charge in [-0.3, -0.25) is 19.7 Å². The molecule has 8 nitrogen and oxygen atoms in total. The van der Waals surface area contributed by atoms with Crippen molar-refractivity contribution in [1.82, 2.24) is 0 Å². The summed E-state index contributed by atoms with van der Waals surface area (Å²) >= 11 is 0. The number of nitro groups is 1.